The minimum Gasteiger partial charge on any atom is -0.508 e. The van der Waals surface area contributed by atoms with Gasteiger partial charge in [-0.15, -0.1) is 0 Å². The van der Waals surface area contributed by atoms with E-state index in [1.807, 2.05) is 12.1 Å². The fraction of sp³-hybridized carbons (Fsp3) is 0.538. The lowest BCUT2D eigenvalue weighted by molar-refractivity contribution is 0.444. The SMILES string of the molecule is Cc1cc(O)c(C(C)(C)C)cc1CCCCc1cc(C(C)(C)C)c(O)cc1C. The van der Waals surface area contributed by atoms with Gasteiger partial charge in [0.15, 0.2) is 0 Å². The minimum absolute atomic E-state index is 0.0565. The average molecular weight is 383 g/mol. The highest BCUT2D eigenvalue weighted by molar-refractivity contribution is 5.46. The number of phenolic OH excluding ortho intramolecular Hbond substituents is 2. The first-order valence-electron chi connectivity index (χ1n) is 10.5. The van der Waals surface area contributed by atoms with Crippen LogP contribution in [0.2, 0.25) is 0 Å². The summed E-state index contributed by atoms with van der Waals surface area (Å²) in [6, 6.07) is 8.20. The fourth-order valence-electron chi connectivity index (χ4n) is 3.85. The van der Waals surface area contributed by atoms with Gasteiger partial charge in [-0.2, -0.15) is 0 Å². The molecule has 0 aliphatic heterocycles. The van der Waals surface area contributed by atoms with Gasteiger partial charge in [0, 0.05) is 0 Å². The van der Waals surface area contributed by atoms with E-state index in [9.17, 15) is 10.2 Å². The van der Waals surface area contributed by atoms with Crippen LogP contribution in [-0.2, 0) is 23.7 Å². The zero-order valence-corrected chi connectivity index (χ0v) is 19.0. The van der Waals surface area contributed by atoms with E-state index >= 15 is 0 Å². The van der Waals surface area contributed by atoms with Crippen molar-refractivity contribution in [3.05, 3.63) is 57.6 Å². The zero-order valence-electron chi connectivity index (χ0n) is 19.0. The number of rotatable bonds is 5. The smallest absolute Gasteiger partial charge is 0.119 e. The van der Waals surface area contributed by atoms with Crippen LogP contribution in [0.15, 0.2) is 24.3 Å². The van der Waals surface area contributed by atoms with E-state index in [1.165, 1.54) is 22.3 Å². The predicted octanol–water partition coefficient (Wildman–Crippen LogP) is 6.88. The van der Waals surface area contributed by atoms with Crippen LogP contribution in [0, 0.1) is 13.8 Å². The zero-order chi connectivity index (χ0) is 21.3. The molecule has 2 N–H and O–H groups in total. The maximum atomic E-state index is 10.3. The molecule has 0 bridgehead atoms. The summed E-state index contributed by atoms with van der Waals surface area (Å²) in [6.45, 7) is 17.0. The summed E-state index contributed by atoms with van der Waals surface area (Å²) in [4.78, 5) is 0. The van der Waals surface area contributed by atoms with E-state index in [-0.39, 0.29) is 10.8 Å². The van der Waals surface area contributed by atoms with Crippen molar-refractivity contribution in [2.45, 2.75) is 91.9 Å². The first-order chi connectivity index (χ1) is 12.8. The molecule has 0 aromatic heterocycles. The van der Waals surface area contributed by atoms with Crippen molar-refractivity contribution >= 4 is 0 Å². The number of unbranched alkanes of at least 4 members (excludes halogenated alkanes) is 1. The second-order valence-electron chi connectivity index (χ2n) is 10.3. The summed E-state index contributed by atoms with van der Waals surface area (Å²) >= 11 is 0. The maximum absolute atomic E-state index is 10.3. The maximum Gasteiger partial charge on any atom is 0.119 e. The van der Waals surface area contributed by atoms with Crippen molar-refractivity contribution in [3.63, 3.8) is 0 Å². The van der Waals surface area contributed by atoms with Gasteiger partial charge in [0.25, 0.3) is 0 Å². The van der Waals surface area contributed by atoms with Crippen LogP contribution in [0.3, 0.4) is 0 Å². The summed E-state index contributed by atoms with van der Waals surface area (Å²) in [6.07, 6.45) is 4.28. The Hall–Kier alpha value is -1.96. The van der Waals surface area contributed by atoms with Gasteiger partial charge in [-0.3, -0.25) is 0 Å². The molecule has 0 aliphatic rings. The largest absolute Gasteiger partial charge is 0.508 e. The Balaban J connectivity index is 2.08. The van der Waals surface area contributed by atoms with Crippen LogP contribution < -0.4 is 0 Å². The molecular formula is C26H38O2. The predicted molar refractivity (Wildman–Crippen MR) is 120 cm³/mol. The van der Waals surface area contributed by atoms with E-state index in [0.29, 0.717) is 11.5 Å². The third-order valence-corrected chi connectivity index (χ3v) is 5.67. The molecule has 0 radical (unpaired) electrons. The van der Waals surface area contributed by atoms with E-state index < -0.39 is 0 Å². The molecular weight excluding hydrogens is 344 g/mol. The van der Waals surface area contributed by atoms with E-state index in [1.54, 1.807) is 0 Å². The lowest BCUT2D eigenvalue weighted by Gasteiger charge is -2.23. The van der Waals surface area contributed by atoms with Crippen molar-refractivity contribution in [1.82, 2.24) is 0 Å². The molecule has 2 aromatic rings. The molecule has 28 heavy (non-hydrogen) atoms. The van der Waals surface area contributed by atoms with Gasteiger partial charge in [-0.1, -0.05) is 53.7 Å². The van der Waals surface area contributed by atoms with Crippen LogP contribution >= 0.6 is 0 Å². The second-order valence-corrected chi connectivity index (χ2v) is 10.3. The Labute approximate surface area is 171 Å². The molecule has 0 spiro atoms. The second kappa shape index (κ2) is 8.19. The summed E-state index contributed by atoms with van der Waals surface area (Å²) in [7, 11) is 0. The number of aromatic hydroxyl groups is 2. The lowest BCUT2D eigenvalue weighted by Crippen LogP contribution is -2.12. The summed E-state index contributed by atoms with van der Waals surface area (Å²) in [5, 5.41) is 20.6. The van der Waals surface area contributed by atoms with Crippen molar-refractivity contribution in [2.75, 3.05) is 0 Å². The molecule has 0 unspecified atom stereocenters. The monoisotopic (exact) mass is 382 g/mol. The van der Waals surface area contributed by atoms with Gasteiger partial charge in [-0.25, -0.2) is 0 Å². The average Bonchev–Trinajstić information content (AvgIpc) is 2.52. The Bertz CT molecular complexity index is 761. The number of hydrogen-bond donors (Lipinski definition) is 2. The third kappa shape index (κ3) is 5.31. The van der Waals surface area contributed by atoms with E-state index in [0.717, 1.165) is 36.8 Å². The number of hydrogen-bond acceptors (Lipinski definition) is 2. The molecule has 154 valence electrons. The van der Waals surface area contributed by atoms with Crippen molar-refractivity contribution in [3.8, 4) is 11.5 Å². The molecule has 0 saturated carbocycles. The summed E-state index contributed by atoms with van der Waals surface area (Å²) in [5.74, 6) is 0.811. The van der Waals surface area contributed by atoms with Gasteiger partial charge < -0.3 is 10.2 Å². The molecule has 0 atom stereocenters. The van der Waals surface area contributed by atoms with E-state index in [2.05, 4.69) is 67.5 Å². The molecule has 0 fully saturated rings. The summed E-state index contributed by atoms with van der Waals surface area (Å²) in [5.41, 5.74) is 6.94. The normalized spacial score (nSPS) is 12.4. The molecule has 2 nitrogen and oxygen atoms in total. The third-order valence-electron chi connectivity index (χ3n) is 5.67. The molecule has 0 saturated heterocycles. The van der Waals surface area contributed by atoms with Crippen LogP contribution in [0.5, 0.6) is 11.5 Å². The van der Waals surface area contributed by atoms with Gasteiger partial charge in [-0.05, 0) is 95.9 Å². The van der Waals surface area contributed by atoms with Crippen molar-refractivity contribution in [1.29, 1.82) is 0 Å². The first kappa shape index (κ1) is 22.3. The molecule has 0 amide bonds. The Morgan fingerprint density at radius 3 is 1.21 bits per heavy atom. The van der Waals surface area contributed by atoms with Gasteiger partial charge in [0.05, 0.1) is 0 Å². The fourth-order valence-corrected chi connectivity index (χ4v) is 3.85. The van der Waals surface area contributed by atoms with Crippen molar-refractivity contribution < 1.29 is 10.2 Å². The van der Waals surface area contributed by atoms with E-state index in [4.69, 9.17) is 0 Å². The van der Waals surface area contributed by atoms with Crippen LogP contribution in [0.25, 0.3) is 0 Å². The highest BCUT2D eigenvalue weighted by atomic mass is 16.3. The Morgan fingerprint density at radius 1 is 0.607 bits per heavy atom. The van der Waals surface area contributed by atoms with Crippen LogP contribution in [0.4, 0.5) is 0 Å². The van der Waals surface area contributed by atoms with Crippen molar-refractivity contribution in [2.24, 2.45) is 0 Å². The standard InChI is InChI=1S/C26H38O2/c1-17-13-23(27)21(25(3,4)5)15-19(17)11-9-10-12-20-16-22(26(6,7)8)24(28)14-18(20)2/h13-16,27-28H,9-12H2,1-8H3. The molecule has 2 aromatic carbocycles. The van der Waals surface area contributed by atoms with Gasteiger partial charge >= 0.3 is 0 Å². The molecule has 2 rings (SSSR count). The molecule has 2 heteroatoms. The Morgan fingerprint density at radius 2 is 0.929 bits per heavy atom. The minimum atomic E-state index is -0.0565. The molecule has 0 aliphatic carbocycles. The first-order valence-corrected chi connectivity index (χ1v) is 10.5. The van der Waals surface area contributed by atoms with Crippen LogP contribution in [-0.4, -0.2) is 10.2 Å². The lowest BCUT2D eigenvalue weighted by atomic mass is 9.83. The highest BCUT2D eigenvalue weighted by Gasteiger charge is 2.20. The topological polar surface area (TPSA) is 40.5 Å². The van der Waals surface area contributed by atoms with Crippen LogP contribution in [0.1, 0.15) is 87.8 Å². The Kier molecular flexibility index (Phi) is 6.53. The van der Waals surface area contributed by atoms with Gasteiger partial charge in [0.1, 0.15) is 11.5 Å². The highest BCUT2D eigenvalue weighted by Crippen LogP contribution is 2.35. The van der Waals surface area contributed by atoms with Gasteiger partial charge in [0.2, 0.25) is 0 Å². The quantitative estimate of drug-likeness (QED) is 0.554. The molecule has 0 heterocycles. The summed E-state index contributed by atoms with van der Waals surface area (Å²) < 4.78 is 0. The number of benzene rings is 2. The number of aryl methyl sites for hydroxylation is 4. The number of phenols is 2.